The van der Waals surface area contributed by atoms with Gasteiger partial charge in [-0.15, -0.1) is 0 Å². The van der Waals surface area contributed by atoms with Gasteiger partial charge in [0.2, 0.25) is 11.8 Å². The average molecular weight is 449 g/mol. The first-order chi connectivity index (χ1) is 15.7. The summed E-state index contributed by atoms with van der Waals surface area (Å²) in [5, 5.41) is 13.0. The molecular formula is C26H28N2O5. The van der Waals surface area contributed by atoms with Gasteiger partial charge in [-0.1, -0.05) is 18.2 Å². The van der Waals surface area contributed by atoms with E-state index in [4.69, 9.17) is 14.9 Å². The summed E-state index contributed by atoms with van der Waals surface area (Å²) in [4.78, 5) is 23.5. The highest BCUT2D eigenvalue weighted by atomic mass is 16.5. The predicted octanol–water partition coefficient (Wildman–Crippen LogP) is 4.24. The SMILES string of the molecule is CC(=Cc1cc(C)c(-c2ccc(OCc3ccco3)c(O)c2)cc1C)C(=O)NC(C)C(N)=O. The number of phenolic OH excluding ortho intramolecular Hbond substituents is 1. The lowest BCUT2D eigenvalue weighted by Crippen LogP contribution is -2.42. The molecule has 2 aromatic carbocycles. The lowest BCUT2D eigenvalue weighted by molar-refractivity contribution is -0.124. The van der Waals surface area contributed by atoms with Crippen molar-refractivity contribution in [2.24, 2.45) is 5.73 Å². The Morgan fingerprint density at radius 1 is 1.18 bits per heavy atom. The number of phenols is 1. The second kappa shape index (κ2) is 10.1. The van der Waals surface area contributed by atoms with E-state index in [0.717, 1.165) is 27.8 Å². The lowest BCUT2D eigenvalue weighted by atomic mass is 9.94. The molecule has 0 saturated heterocycles. The van der Waals surface area contributed by atoms with Gasteiger partial charge >= 0.3 is 0 Å². The number of carbonyl (C=O) groups is 2. The number of benzene rings is 2. The highest BCUT2D eigenvalue weighted by Crippen LogP contribution is 2.34. The van der Waals surface area contributed by atoms with Crippen LogP contribution in [-0.2, 0) is 16.2 Å². The third-order valence-corrected chi connectivity index (χ3v) is 5.34. The molecule has 1 aromatic heterocycles. The van der Waals surface area contributed by atoms with Gasteiger partial charge in [0, 0.05) is 5.57 Å². The molecule has 172 valence electrons. The predicted molar refractivity (Wildman–Crippen MR) is 127 cm³/mol. The lowest BCUT2D eigenvalue weighted by Gasteiger charge is -2.14. The molecule has 0 radical (unpaired) electrons. The van der Waals surface area contributed by atoms with E-state index in [1.165, 1.54) is 0 Å². The topological polar surface area (TPSA) is 115 Å². The van der Waals surface area contributed by atoms with E-state index in [1.54, 1.807) is 50.5 Å². The van der Waals surface area contributed by atoms with Crippen LogP contribution >= 0.6 is 0 Å². The number of aryl methyl sites for hydroxylation is 2. The Hall–Kier alpha value is -4.00. The molecule has 0 aliphatic heterocycles. The fourth-order valence-electron chi connectivity index (χ4n) is 3.34. The van der Waals surface area contributed by atoms with Crippen LogP contribution in [0.25, 0.3) is 17.2 Å². The molecule has 7 heteroatoms. The molecule has 0 aliphatic rings. The summed E-state index contributed by atoms with van der Waals surface area (Å²) < 4.78 is 10.9. The van der Waals surface area contributed by atoms with Crippen molar-refractivity contribution in [2.75, 3.05) is 0 Å². The van der Waals surface area contributed by atoms with E-state index in [1.807, 2.05) is 32.0 Å². The van der Waals surface area contributed by atoms with Crippen LogP contribution in [0.15, 0.2) is 58.7 Å². The summed E-state index contributed by atoms with van der Waals surface area (Å²) >= 11 is 0. The number of amides is 2. The van der Waals surface area contributed by atoms with Gasteiger partial charge in [0.05, 0.1) is 6.26 Å². The Morgan fingerprint density at radius 2 is 1.94 bits per heavy atom. The Balaban J connectivity index is 1.80. The van der Waals surface area contributed by atoms with Gasteiger partial charge in [0.15, 0.2) is 11.5 Å². The van der Waals surface area contributed by atoms with Crippen LogP contribution < -0.4 is 15.8 Å². The number of rotatable bonds is 8. The van der Waals surface area contributed by atoms with Gasteiger partial charge in [-0.3, -0.25) is 9.59 Å². The van der Waals surface area contributed by atoms with Crippen molar-refractivity contribution in [2.45, 2.75) is 40.3 Å². The zero-order chi connectivity index (χ0) is 24.1. The smallest absolute Gasteiger partial charge is 0.247 e. The van der Waals surface area contributed by atoms with Crippen molar-refractivity contribution in [1.29, 1.82) is 0 Å². The van der Waals surface area contributed by atoms with Crippen molar-refractivity contribution in [3.05, 3.63) is 76.8 Å². The molecule has 4 N–H and O–H groups in total. The fraction of sp³-hybridized carbons (Fsp3) is 0.231. The quantitative estimate of drug-likeness (QED) is 0.446. The number of carbonyl (C=O) groups excluding carboxylic acids is 2. The number of primary amides is 1. The molecule has 7 nitrogen and oxygen atoms in total. The minimum absolute atomic E-state index is 0.0381. The molecule has 1 unspecified atom stereocenters. The van der Waals surface area contributed by atoms with E-state index in [0.29, 0.717) is 17.1 Å². The third-order valence-electron chi connectivity index (χ3n) is 5.34. The molecule has 0 spiro atoms. The number of aromatic hydroxyl groups is 1. The van der Waals surface area contributed by atoms with Crippen molar-refractivity contribution >= 4 is 17.9 Å². The first-order valence-electron chi connectivity index (χ1n) is 10.5. The molecule has 2 amide bonds. The second-order valence-electron chi connectivity index (χ2n) is 8.00. The number of nitrogens with one attached hydrogen (secondary N) is 1. The van der Waals surface area contributed by atoms with Gasteiger partial charge in [-0.2, -0.15) is 0 Å². The second-order valence-corrected chi connectivity index (χ2v) is 8.00. The summed E-state index contributed by atoms with van der Waals surface area (Å²) in [6.45, 7) is 7.37. The zero-order valence-electron chi connectivity index (χ0n) is 19.1. The summed E-state index contributed by atoms with van der Waals surface area (Å²) in [5.74, 6) is 0.138. The normalized spacial score (nSPS) is 12.3. The molecule has 3 rings (SSSR count). The highest BCUT2D eigenvalue weighted by molar-refractivity contribution is 5.99. The van der Waals surface area contributed by atoms with Crippen molar-refractivity contribution in [3.8, 4) is 22.6 Å². The van der Waals surface area contributed by atoms with Crippen LogP contribution in [0.2, 0.25) is 0 Å². The molecule has 0 aliphatic carbocycles. The number of hydrogen-bond donors (Lipinski definition) is 3. The first-order valence-corrected chi connectivity index (χ1v) is 10.5. The van der Waals surface area contributed by atoms with Gasteiger partial charge in [-0.05, 0) is 85.9 Å². The van der Waals surface area contributed by atoms with Crippen LogP contribution in [0.1, 0.15) is 36.3 Å². The fourth-order valence-corrected chi connectivity index (χ4v) is 3.34. The highest BCUT2D eigenvalue weighted by Gasteiger charge is 2.14. The van der Waals surface area contributed by atoms with Crippen LogP contribution in [0.3, 0.4) is 0 Å². The summed E-state index contributed by atoms with van der Waals surface area (Å²) in [5.41, 5.74) is 10.3. The number of hydrogen-bond acceptors (Lipinski definition) is 5. The molecule has 0 bridgehead atoms. The molecule has 33 heavy (non-hydrogen) atoms. The molecule has 1 heterocycles. The molecule has 1 atom stereocenters. The van der Waals surface area contributed by atoms with Crippen LogP contribution in [-0.4, -0.2) is 23.0 Å². The summed E-state index contributed by atoms with van der Waals surface area (Å²) in [6.07, 6.45) is 3.35. The minimum Gasteiger partial charge on any atom is -0.504 e. The zero-order valence-corrected chi connectivity index (χ0v) is 19.1. The minimum atomic E-state index is -0.746. The van der Waals surface area contributed by atoms with E-state index in [2.05, 4.69) is 5.32 Å². The number of ether oxygens (including phenoxy) is 1. The maximum atomic E-state index is 12.3. The Morgan fingerprint density at radius 3 is 2.58 bits per heavy atom. The van der Waals surface area contributed by atoms with E-state index in [-0.39, 0.29) is 18.3 Å². The largest absolute Gasteiger partial charge is 0.504 e. The Kier molecular flexibility index (Phi) is 7.23. The Labute approximate surface area is 192 Å². The van der Waals surface area contributed by atoms with Crippen molar-refractivity contribution in [3.63, 3.8) is 0 Å². The average Bonchev–Trinajstić information content (AvgIpc) is 3.28. The van der Waals surface area contributed by atoms with E-state index >= 15 is 0 Å². The summed E-state index contributed by atoms with van der Waals surface area (Å²) in [7, 11) is 0. The van der Waals surface area contributed by atoms with Gasteiger partial charge < -0.3 is 25.3 Å². The maximum Gasteiger partial charge on any atom is 0.247 e. The van der Waals surface area contributed by atoms with Crippen molar-refractivity contribution in [1.82, 2.24) is 5.32 Å². The molecule has 0 fully saturated rings. The monoisotopic (exact) mass is 448 g/mol. The van der Waals surface area contributed by atoms with Gasteiger partial charge in [0.25, 0.3) is 0 Å². The van der Waals surface area contributed by atoms with Crippen LogP contribution in [0.4, 0.5) is 0 Å². The van der Waals surface area contributed by atoms with E-state index < -0.39 is 11.9 Å². The first kappa shape index (κ1) is 23.7. The third kappa shape index (κ3) is 5.83. The molecule has 3 aromatic rings. The Bertz CT molecular complexity index is 1200. The van der Waals surface area contributed by atoms with Gasteiger partial charge in [0.1, 0.15) is 18.4 Å². The summed E-state index contributed by atoms with van der Waals surface area (Å²) in [6, 6.07) is 12.1. The number of nitrogens with two attached hydrogens (primary N) is 1. The van der Waals surface area contributed by atoms with E-state index in [9.17, 15) is 14.7 Å². The van der Waals surface area contributed by atoms with Crippen LogP contribution in [0.5, 0.6) is 11.5 Å². The molecule has 0 saturated carbocycles. The number of furan rings is 1. The maximum absolute atomic E-state index is 12.3. The van der Waals surface area contributed by atoms with Gasteiger partial charge in [-0.25, -0.2) is 0 Å². The molecular weight excluding hydrogens is 420 g/mol. The standard InChI is InChI=1S/C26H28N2O5/c1-15-12-22(16(2)10-20(15)11-17(3)26(31)28-18(4)25(27)30)19-7-8-24(23(29)13-19)33-14-21-6-5-9-32-21/h5-13,18,29H,14H2,1-4H3,(H2,27,30)(H,28,31). The van der Waals surface area contributed by atoms with Crippen LogP contribution in [0, 0.1) is 13.8 Å². The van der Waals surface area contributed by atoms with Crippen molar-refractivity contribution < 1.29 is 23.8 Å².